The second kappa shape index (κ2) is 5.74. The van der Waals surface area contributed by atoms with Crippen LogP contribution < -0.4 is 15.2 Å². The maximum Gasteiger partial charge on any atom is 0.573 e. The molecule has 1 rings (SSSR count). The van der Waals surface area contributed by atoms with Crippen LogP contribution in [0.5, 0.6) is 11.5 Å². The van der Waals surface area contributed by atoms with Crippen molar-refractivity contribution in [2.45, 2.75) is 12.9 Å². The van der Waals surface area contributed by atoms with Gasteiger partial charge in [0.2, 0.25) is 0 Å². The van der Waals surface area contributed by atoms with Crippen molar-refractivity contribution in [3.63, 3.8) is 0 Å². The Bertz CT molecular complexity index is 368. The zero-order valence-electron chi connectivity index (χ0n) is 9.08. The van der Waals surface area contributed by atoms with E-state index in [1.807, 2.05) is 0 Å². The molecule has 0 aliphatic heterocycles. The molecular formula is C10H12F3NO3. The zero-order valence-corrected chi connectivity index (χ0v) is 9.08. The van der Waals surface area contributed by atoms with Crippen LogP contribution in [-0.4, -0.2) is 20.3 Å². The zero-order chi connectivity index (χ0) is 12.9. The first-order valence-corrected chi connectivity index (χ1v) is 4.66. The van der Waals surface area contributed by atoms with Crippen LogP contribution in [0.25, 0.3) is 0 Å². The summed E-state index contributed by atoms with van der Waals surface area (Å²) in [4.78, 5) is 0. The SMILES string of the molecule is COCOc1cc(OC(F)(F)F)ccc1CN. The second-order valence-corrected chi connectivity index (χ2v) is 3.07. The number of rotatable bonds is 5. The van der Waals surface area contributed by atoms with Gasteiger partial charge < -0.3 is 19.9 Å². The average Bonchev–Trinajstić information content (AvgIpc) is 2.24. The molecule has 17 heavy (non-hydrogen) atoms. The Morgan fingerprint density at radius 3 is 2.53 bits per heavy atom. The average molecular weight is 251 g/mol. The van der Waals surface area contributed by atoms with Crippen molar-refractivity contribution in [3.05, 3.63) is 23.8 Å². The lowest BCUT2D eigenvalue weighted by molar-refractivity contribution is -0.274. The van der Waals surface area contributed by atoms with Gasteiger partial charge in [-0.2, -0.15) is 0 Å². The van der Waals surface area contributed by atoms with Crippen LogP contribution in [-0.2, 0) is 11.3 Å². The first-order chi connectivity index (χ1) is 7.96. The quantitative estimate of drug-likeness (QED) is 0.813. The van der Waals surface area contributed by atoms with Gasteiger partial charge >= 0.3 is 6.36 Å². The normalized spacial score (nSPS) is 11.4. The third-order valence-corrected chi connectivity index (χ3v) is 1.82. The van der Waals surface area contributed by atoms with Gasteiger partial charge in [0, 0.05) is 25.3 Å². The summed E-state index contributed by atoms with van der Waals surface area (Å²) in [5, 5.41) is 0. The molecule has 0 unspecified atom stereocenters. The Kier molecular flexibility index (Phi) is 4.59. The summed E-state index contributed by atoms with van der Waals surface area (Å²) in [5.74, 6) is -0.156. The molecule has 4 nitrogen and oxygen atoms in total. The minimum Gasteiger partial charge on any atom is -0.467 e. The summed E-state index contributed by atoms with van der Waals surface area (Å²) >= 11 is 0. The summed E-state index contributed by atoms with van der Waals surface area (Å²) in [6.45, 7) is 0.0633. The first-order valence-electron chi connectivity index (χ1n) is 4.66. The van der Waals surface area contributed by atoms with Gasteiger partial charge in [-0.1, -0.05) is 6.07 Å². The van der Waals surface area contributed by atoms with Gasteiger partial charge in [-0.25, -0.2) is 0 Å². The minimum atomic E-state index is -4.73. The molecule has 0 amide bonds. The Morgan fingerprint density at radius 2 is 2.00 bits per heavy atom. The fourth-order valence-corrected chi connectivity index (χ4v) is 1.16. The second-order valence-electron chi connectivity index (χ2n) is 3.07. The summed E-state index contributed by atoms with van der Waals surface area (Å²) in [6.07, 6.45) is -4.73. The van der Waals surface area contributed by atoms with E-state index in [4.69, 9.17) is 10.5 Å². The lowest BCUT2D eigenvalue weighted by Gasteiger charge is -2.13. The molecule has 0 heterocycles. The van der Waals surface area contributed by atoms with E-state index in [0.29, 0.717) is 5.56 Å². The van der Waals surface area contributed by atoms with E-state index in [0.717, 1.165) is 6.07 Å². The molecule has 96 valence electrons. The molecule has 1 aromatic rings. The molecule has 0 bridgehead atoms. The van der Waals surface area contributed by atoms with E-state index in [1.54, 1.807) is 0 Å². The molecule has 0 radical (unpaired) electrons. The lowest BCUT2D eigenvalue weighted by atomic mass is 10.2. The van der Waals surface area contributed by atoms with Crippen molar-refractivity contribution in [2.75, 3.05) is 13.9 Å². The molecule has 2 N–H and O–H groups in total. The van der Waals surface area contributed by atoms with Gasteiger partial charge in [0.05, 0.1) is 0 Å². The van der Waals surface area contributed by atoms with E-state index in [-0.39, 0.29) is 24.8 Å². The highest BCUT2D eigenvalue weighted by Crippen LogP contribution is 2.28. The van der Waals surface area contributed by atoms with Crippen molar-refractivity contribution in [1.82, 2.24) is 0 Å². The first kappa shape index (κ1) is 13.6. The Morgan fingerprint density at radius 1 is 1.29 bits per heavy atom. The predicted octanol–water partition coefficient (Wildman–Crippen LogP) is 2.03. The highest BCUT2D eigenvalue weighted by Gasteiger charge is 2.31. The molecule has 0 fully saturated rings. The number of halogens is 3. The van der Waals surface area contributed by atoms with E-state index < -0.39 is 6.36 Å². The van der Waals surface area contributed by atoms with Gasteiger partial charge in [0.15, 0.2) is 6.79 Å². The van der Waals surface area contributed by atoms with Gasteiger partial charge in [-0.05, 0) is 6.07 Å². The molecule has 0 aliphatic rings. The van der Waals surface area contributed by atoms with Gasteiger partial charge in [0.1, 0.15) is 11.5 Å². The van der Waals surface area contributed by atoms with Crippen LogP contribution in [0.15, 0.2) is 18.2 Å². The third-order valence-electron chi connectivity index (χ3n) is 1.82. The number of hydrogen-bond acceptors (Lipinski definition) is 4. The van der Waals surface area contributed by atoms with Crippen LogP contribution in [0.2, 0.25) is 0 Å². The summed E-state index contributed by atoms with van der Waals surface area (Å²) < 4.78 is 49.5. The van der Waals surface area contributed by atoms with Gasteiger partial charge in [-0.3, -0.25) is 0 Å². The highest BCUT2D eigenvalue weighted by molar-refractivity contribution is 5.40. The Hall–Kier alpha value is -1.47. The van der Waals surface area contributed by atoms with Crippen molar-refractivity contribution < 1.29 is 27.4 Å². The summed E-state index contributed by atoms with van der Waals surface area (Å²) in [7, 11) is 1.40. The maximum absolute atomic E-state index is 12.0. The topological polar surface area (TPSA) is 53.7 Å². The van der Waals surface area contributed by atoms with Crippen LogP contribution in [0, 0.1) is 0 Å². The van der Waals surface area contributed by atoms with Gasteiger partial charge in [-0.15, -0.1) is 13.2 Å². The van der Waals surface area contributed by atoms with Crippen molar-refractivity contribution in [2.24, 2.45) is 5.73 Å². The largest absolute Gasteiger partial charge is 0.573 e. The molecule has 0 saturated heterocycles. The number of nitrogens with two attached hydrogens (primary N) is 1. The molecule has 0 aliphatic carbocycles. The van der Waals surface area contributed by atoms with Gasteiger partial charge in [0.25, 0.3) is 0 Å². The van der Waals surface area contributed by atoms with Crippen LogP contribution >= 0.6 is 0 Å². The van der Waals surface area contributed by atoms with Crippen molar-refractivity contribution >= 4 is 0 Å². The number of alkyl halides is 3. The smallest absolute Gasteiger partial charge is 0.467 e. The Labute approximate surface area is 96.1 Å². The van der Waals surface area contributed by atoms with Crippen LogP contribution in [0.3, 0.4) is 0 Å². The van der Waals surface area contributed by atoms with E-state index >= 15 is 0 Å². The molecule has 1 aromatic carbocycles. The maximum atomic E-state index is 12.0. The number of methoxy groups -OCH3 is 1. The molecule has 0 saturated carbocycles. The standard InChI is InChI=1S/C10H12F3NO3/c1-15-6-16-9-4-8(17-10(11,12)13)3-2-7(9)5-14/h2-4H,5-6,14H2,1H3. The van der Waals surface area contributed by atoms with Crippen LogP contribution in [0.1, 0.15) is 5.56 Å². The molecule has 0 aromatic heterocycles. The van der Waals surface area contributed by atoms with Crippen LogP contribution in [0.4, 0.5) is 13.2 Å². The molecule has 7 heteroatoms. The number of benzene rings is 1. The highest BCUT2D eigenvalue weighted by atomic mass is 19.4. The van der Waals surface area contributed by atoms with E-state index in [1.165, 1.54) is 19.2 Å². The minimum absolute atomic E-state index is 0.0809. The fourth-order valence-electron chi connectivity index (χ4n) is 1.16. The van der Waals surface area contributed by atoms with Crippen molar-refractivity contribution in [3.8, 4) is 11.5 Å². The number of hydrogen-bond donors (Lipinski definition) is 1. The summed E-state index contributed by atoms with van der Waals surface area (Å²) in [5.41, 5.74) is 5.98. The molecule has 0 spiro atoms. The van der Waals surface area contributed by atoms with Crippen molar-refractivity contribution in [1.29, 1.82) is 0 Å². The third kappa shape index (κ3) is 4.49. The molecule has 0 atom stereocenters. The molecular weight excluding hydrogens is 239 g/mol. The Balaban J connectivity index is 2.88. The predicted molar refractivity (Wildman–Crippen MR) is 53.5 cm³/mol. The van der Waals surface area contributed by atoms with E-state index in [2.05, 4.69) is 9.47 Å². The summed E-state index contributed by atoms with van der Waals surface area (Å²) in [6, 6.07) is 3.70. The lowest BCUT2D eigenvalue weighted by Crippen LogP contribution is -2.17. The monoisotopic (exact) mass is 251 g/mol. The fraction of sp³-hybridized carbons (Fsp3) is 0.400. The number of ether oxygens (including phenoxy) is 3. The van der Waals surface area contributed by atoms with E-state index in [9.17, 15) is 13.2 Å².